The van der Waals surface area contributed by atoms with E-state index in [2.05, 4.69) is 5.32 Å². The van der Waals surface area contributed by atoms with Crippen molar-refractivity contribution in [3.8, 4) is 11.5 Å². The molecule has 1 heterocycles. The first-order valence-corrected chi connectivity index (χ1v) is 9.21. The average molecular weight is 413 g/mol. The number of nitrogens with one attached hydrogen (secondary N) is 1. The van der Waals surface area contributed by atoms with E-state index in [1.807, 2.05) is 12.1 Å². The highest BCUT2D eigenvalue weighted by molar-refractivity contribution is 6.35. The van der Waals surface area contributed by atoms with Gasteiger partial charge in [0.05, 0.1) is 28.5 Å². The number of benzene rings is 3. The molecule has 0 atom stereocenters. The Labute approximate surface area is 171 Å². The standard InChI is InChI=1S/C21H14Cl2N2O3/c22-13-9-10-18(16(23)11-13)28-19-8-4-3-7-17(19)24-12-25-20(26)14-5-1-2-6-15(14)21(25)27/h1-11,24H,12H2. The molecule has 0 bridgehead atoms. The summed E-state index contributed by atoms with van der Waals surface area (Å²) in [6.45, 7) is 0.0150. The molecule has 1 aliphatic heterocycles. The summed E-state index contributed by atoms with van der Waals surface area (Å²) in [7, 11) is 0. The van der Waals surface area contributed by atoms with Gasteiger partial charge in [0, 0.05) is 5.02 Å². The van der Waals surface area contributed by atoms with Crippen molar-refractivity contribution < 1.29 is 14.3 Å². The molecule has 0 radical (unpaired) electrons. The van der Waals surface area contributed by atoms with Crippen molar-refractivity contribution >= 4 is 40.7 Å². The van der Waals surface area contributed by atoms with Crippen molar-refractivity contribution in [3.63, 3.8) is 0 Å². The van der Waals surface area contributed by atoms with E-state index in [1.165, 1.54) is 0 Å². The predicted octanol–water partition coefficient (Wildman–Crippen LogP) is 5.45. The fourth-order valence-electron chi connectivity index (χ4n) is 2.93. The second-order valence-electron chi connectivity index (χ2n) is 6.09. The van der Waals surface area contributed by atoms with E-state index in [9.17, 15) is 9.59 Å². The summed E-state index contributed by atoms with van der Waals surface area (Å²) in [5.41, 5.74) is 1.43. The molecule has 28 heavy (non-hydrogen) atoms. The van der Waals surface area contributed by atoms with Gasteiger partial charge in [-0.1, -0.05) is 47.5 Å². The van der Waals surface area contributed by atoms with Crippen LogP contribution < -0.4 is 10.1 Å². The number of ether oxygens (including phenoxy) is 1. The summed E-state index contributed by atoms with van der Waals surface area (Å²) in [5, 5.41) is 3.98. The second kappa shape index (κ2) is 7.54. The first-order chi connectivity index (χ1) is 13.5. The van der Waals surface area contributed by atoms with Crippen LogP contribution in [0, 0.1) is 0 Å². The molecule has 3 aromatic rings. The van der Waals surface area contributed by atoms with Crippen LogP contribution in [0.2, 0.25) is 10.0 Å². The Kier molecular flexibility index (Phi) is 4.94. The summed E-state index contributed by atoms with van der Waals surface area (Å²) in [6, 6.07) is 18.9. The maximum absolute atomic E-state index is 12.5. The average Bonchev–Trinajstić information content (AvgIpc) is 2.94. The van der Waals surface area contributed by atoms with E-state index >= 15 is 0 Å². The van der Waals surface area contributed by atoms with E-state index in [0.29, 0.717) is 38.4 Å². The zero-order valence-corrected chi connectivity index (χ0v) is 16.0. The van der Waals surface area contributed by atoms with E-state index < -0.39 is 0 Å². The third-order valence-electron chi connectivity index (χ3n) is 4.31. The molecule has 1 N–H and O–H groups in total. The van der Waals surface area contributed by atoms with Gasteiger partial charge in [0.15, 0.2) is 5.75 Å². The van der Waals surface area contributed by atoms with E-state index in [1.54, 1.807) is 54.6 Å². The van der Waals surface area contributed by atoms with Crippen LogP contribution in [0.3, 0.4) is 0 Å². The van der Waals surface area contributed by atoms with Gasteiger partial charge in [0.1, 0.15) is 5.75 Å². The lowest BCUT2D eigenvalue weighted by atomic mass is 10.1. The van der Waals surface area contributed by atoms with Crippen LogP contribution >= 0.6 is 23.2 Å². The summed E-state index contributed by atoms with van der Waals surface area (Å²) >= 11 is 12.1. The molecule has 1 aliphatic rings. The lowest BCUT2D eigenvalue weighted by Gasteiger charge is -2.18. The smallest absolute Gasteiger partial charge is 0.263 e. The van der Waals surface area contributed by atoms with Crippen LogP contribution in [-0.2, 0) is 0 Å². The van der Waals surface area contributed by atoms with Crippen LogP contribution in [0.1, 0.15) is 20.7 Å². The Morgan fingerprint density at radius 2 is 1.46 bits per heavy atom. The van der Waals surface area contributed by atoms with Gasteiger partial charge in [-0.15, -0.1) is 0 Å². The first kappa shape index (κ1) is 18.3. The first-order valence-electron chi connectivity index (χ1n) is 8.45. The fraction of sp³-hybridized carbons (Fsp3) is 0.0476. The minimum atomic E-state index is -0.327. The molecule has 0 aromatic heterocycles. The maximum Gasteiger partial charge on any atom is 0.263 e. The molecule has 2 amide bonds. The quantitative estimate of drug-likeness (QED) is 0.565. The minimum absolute atomic E-state index is 0.0150. The molecule has 7 heteroatoms. The molecule has 3 aromatic carbocycles. The Morgan fingerprint density at radius 3 is 2.14 bits per heavy atom. The van der Waals surface area contributed by atoms with Crippen molar-refractivity contribution in [2.24, 2.45) is 0 Å². The van der Waals surface area contributed by atoms with Crippen molar-refractivity contribution in [1.82, 2.24) is 4.90 Å². The molecular formula is C21H14Cl2N2O3. The number of carbonyl (C=O) groups is 2. The monoisotopic (exact) mass is 412 g/mol. The molecule has 0 fully saturated rings. The molecule has 0 aliphatic carbocycles. The van der Waals surface area contributed by atoms with Gasteiger partial charge in [0.25, 0.3) is 11.8 Å². The lowest BCUT2D eigenvalue weighted by Crippen LogP contribution is -2.34. The highest BCUT2D eigenvalue weighted by atomic mass is 35.5. The topological polar surface area (TPSA) is 58.6 Å². The minimum Gasteiger partial charge on any atom is -0.454 e. The van der Waals surface area contributed by atoms with E-state index in [0.717, 1.165) is 4.90 Å². The molecule has 5 nitrogen and oxygen atoms in total. The molecule has 0 unspecified atom stereocenters. The summed E-state index contributed by atoms with van der Waals surface area (Å²) in [6.07, 6.45) is 0. The Balaban J connectivity index is 1.52. The van der Waals surface area contributed by atoms with Crippen LogP contribution in [-0.4, -0.2) is 23.4 Å². The number of nitrogens with zero attached hydrogens (tertiary/aromatic N) is 1. The number of para-hydroxylation sites is 2. The van der Waals surface area contributed by atoms with Gasteiger partial charge >= 0.3 is 0 Å². The van der Waals surface area contributed by atoms with Gasteiger partial charge in [0.2, 0.25) is 0 Å². The molecule has 4 rings (SSSR count). The van der Waals surface area contributed by atoms with Crippen molar-refractivity contribution in [2.75, 3.05) is 12.0 Å². The predicted molar refractivity (Wildman–Crippen MR) is 108 cm³/mol. The summed E-state index contributed by atoms with van der Waals surface area (Å²) in [5.74, 6) is 0.295. The third kappa shape index (κ3) is 3.42. The van der Waals surface area contributed by atoms with Crippen LogP contribution in [0.5, 0.6) is 11.5 Å². The molecule has 0 saturated heterocycles. The fourth-order valence-corrected chi connectivity index (χ4v) is 3.37. The largest absolute Gasteiger partial charge is 0.454 e. The molecular weight excluding hydrogens is 399 g/mol. The van der Waals surface area contributed by atoms with Crippen LogP contribution in [0.15, 0.2) is 66.7 Å². The van der Waals surface area contributed by atoms with Crippen LogP contribution in [0.4, 0.5) is 5.69 Å². The molecule has 0 spiro atoms. The molecule has 0 saturated carbocycles. The normalized spacial score (nSPS) is 12.9. The highest BCUT2D eigenvalue weighted by Crippen LogP contribution is 2.35. The number of hydrogen-bond donors (Lipinski definition) is 1. The van der Waals surface area contributed by atoms with Gasteiger partial charge in [-0.2, -0.15) is 0 Å². The number of anilines is 1. The zero-order chi connectivity index (χ0) is 19.7. The molecule has 140 valence electrons. The van der Waals surface area contributed by atoms with E-state index in [-0.39, 0.29) is 18.5 Å². The van der Waals surface area contributed by atoms with Gasteiger partial charge in [-0.3, -0.25) is 14.5 Å². The van der Waals surface area contributed by atoms with Crippen molar-refractivity contribution in [1.29, 1.82) is 0 Å². The summed E-state index contributed by atoms with van der Waals surface area (Å²) < 4.78 is 5.88. The highest BCUT2D eigenvalue weighted by Gasteiger charge is 2.34. The lowest BCUT2D eigenvalue weighted by molar-refractivity contribution is 0.0665. The number of carbonyl (C=O) groups excluding carboxylic acids is 2. The summed E-state index contributed by atoms with van der Waals surface area (Å²) in [4.78, 5) is 26.1. The Morgan fingerprint density at radius 1 is 0.821 bits per heavy atom. The third-order valence-corrected chi connectivity index (χ3v) is 4.84. The Bertz CT molecular complexity index is 1050. The van der Waals surface area contributed by atoms with Gasteiger partial charge < -0.3 is 10.1 Å². The maximum atomic E-state index is 12.5. The van der Waals surface area contributed by atoms with Gasteiger partial charge in [-0.25, -0.2) is 0 Å². The number of hydrogen-bond acceptors (Lipinski definition) is 4. The SMILES string of the molecule is O=C1c2ccccc2C(=O)N1CNc1ccccc1Oc1ccc(Cl)cc1Cl. The number of rotatable bonds is 5. The second-order valence-corrected chi connectivity index (χ2v) is 6.94. The van der Waals surface area contributed by atoms with Crippen molar-refractivity contribution in [2.45, 2.75) is 0 Å². The number of imide groups is 1. The number of halogens is 2. The van der Waals surface area contributed by atoms with Crippen LogP contribution in [0.25, 0.3) is 0 Å². The van der Waals surface area contributed by atoms with Gasteiger partial charge in [-0.05, 0) is 42.5 Å². The number of amides is 2. The van der Waals surface area contributed by atoms with Crippen molar-refractivity contribution in [3.05, 3.63) is 87.9 Å². The Hall–Kier alpha value is -3.02. The number of fused-ring (bicyclic) bond motifs is 1. The zero-order valence-electron chi connectivity index (χ0n) is 14.5. The van der Waals surface area contributed by atoms with E-state index in [4.69, 9.17) is 27.9 Å².